The SMILES string of the molecule is CC(C)C1CCCN(c2ccc(Cl)c(CO)n2)CC1. The maximum Gasteiger partial charge on any atom is 0.129 e. The molecule has 1 aromatic rings. The minimum absolute atomic E-state index is 0.102. The molecule has 1 aliphatic rings. The van der Waals surface area contributed by atoms with Gasteiger partial charge in [0.05, 0.1) is 17.3 Å². The van der Waals surface area contributed by atoms with E-state index in [-0.39, 0.29) is 6.61 Å². The maximum absolute atomic E-state index is 9.25. The molecule has 0 spiro atoms. The molecule has 2 heterocycles. The van der Waals surface area contributed by atoms with E-state index in [1.165, 1.54) is 19.3 Å². The lowest BCUT2D eigenvalue weighted by atomic mass is 9.89. The van der Waals surface area contributed by atoms with Gasteiger partial charge in [0.2, 0.25) is 0 Å². The summed E-state index contributed by atoms with van der Waals surface area (Å²) < 4.78 is 0. The highest BCUT2D eigenvalue weighted by Crippen LogP contribution is 2.27. The third-order valence-corrected chi connectivity index (χ3v) is 4.44. The molecule has 1 saturated heterocycles. The van der Waals surface area contributed by atoms with Crippen LogP contribution in [0.5, 0.6) is 0 Å². The molecule has 1 N–H and O–H groups in total. The van der Waals surface area contributed by atoms with E-state index in [9.17, 15) is 5.11 Å². The highest BCUT2D eigenvalue weighted by molar-refractivity contribution is 6.31. The highest BCUT2D eigenvalue weighted by atomic mass is 35.5. The summed E-state index contributed by atoms with van der Waals surface area (Å²) in [6.45, 7) is 6.61. The van der Waals surface area contributed by atoms with E-state index in [2.05, 4.69) is 23.7 Å². The molecule has 1 aliphatic heterocycles. The van der Waals surface area contributed by atoms with Crippen LogP contribution >= 0.6 is 11.6 Å². The van der Waals surface area contributed by atoms with Crippen molar-refractivity contribution in [1.29, 1.82) is 0 Å². The molecule has 2 rings (SSSR count). The number of pyridine rings is 1. The van der Waals surface area contributed by atoms with Crippen LogP contribution < -0.4 is 4.90 Å². The Kier molecular flexibility index (Phi) is 5.06. The number of hydrogen-bond acceptors (Lipinski definition) is 3. The monoisotopic (exact) mass is 282 g/mol. The van der Waals surface area contributed by atoms with Crippen LogP contribution in [-0.2, 0) is 6.61 Å². The molecule has 1 fully saturated rings. The predicted molar refractivity (Wildman–Crippen MR) is 79.6 cm³/mol. The van der Waals surface area contributed by atoms with Crippen molar-refractivity contribution in [3.05, 3.63) is 22.8 Å². The molecule has 1 unspecified atom stereocenters. The first-order valence-corrected chi connectivity index (χ1v) is 7.51. The van der Waals surface area contributed by atoms with E-state index in [4.69, 9.17) is 11.6 Å². The van der Waals surface area contributed by atoms with Gasteiger partial charge in [0.15, 0.2) is 0 Å². The first-order chi connectivity index (χ1) is 9.11. The van der Waals surface area contributed by atoms with Gasteiger partial charge in [-0.2, -0.15) is 0 Å². The van der Waals surface area contributed by atoms with E-state index in [1.807, 2.05) is 12.1 Å². The summed E-state index contributed by atoms with van der Waals surface area (Å²) in [5, 5.41) is 9.79. The Hall–Kier alpha value is -0.800. The number of halogens is 1. The summed E-state index contributed by atoms with van der Waals surface area (Å²) in [4.78, 5) is 6.79. The number of aromatic nitrogens is 1. The normalized spacial score (nSPS) is 20.7. The van der Waals surface area contributed by atoms with Gasteiger partial charge in [-0.1, -0.05) is 25.4 Å². The largest absolute Gasteiger partial charge is 0.390 e. The van der Waals surface area contributed by atoms with E-state index >= 15 is 0 Å². The molecule has 106 valence electrons. The zero-order chi connectivity index (χ0) is 13.8. The quantitative estimate of drug-likeness (QED) is 0.922. The number of aliphatic hydroxyl groups is 1. The lowest BCUT2D eigenvalue weighted by Crippen LogP contribution is -2.25. The molecule has 1 aromatic heterocycles. The van der Waals surface area contributed by atoms with Gasteiger partial charge in [-0.15, -0.1) is 0 Å². The fourth-order valence-electron chi connectivity index (χ4n) is 2.78. The summed E-state index contributed by atoms with van der Waals surface area (Å²) in [5.74, 6) is 2.51. The second kappa shape index (κ2) is 6.58. The zero-order valence-electron chi connectivity index (χ0n) is 11.8. The van der Waals surface area contributed by atoms with Crippen molar-refractivity contribution in [3.63, 3.8) is 0 Å². The Balaban J connectivity index is 2.09. The Morgan fingerprint density at radius 1 is 1.37 bits per heavy atom. The second-order valence-electron chi connectivity index (χ2n) is 5.68. The van der Waals surface area contributed by atoms with E-state index in [1.54, 1.807) is 0 Å². The third kappa shape index (κ3) is 3.61. The highest BCUT2D eigenvalue weighted by Gasteiger charge is 2.20. The fraction of sp³-hybridized carbons (Fsp3) is 0.667. The number of hydrogen-bond donors (Lipinski definition) is 1. The molecule has 0 amide bonds. The molecule has 19 heavy (non-hydrogen) atoms. The number of rotatable bonds is 3. The van der Waals surface area contributed by atoms with E-state index in [0.29, 0.717) is 10.7 Å². The van der Waals surface area contributed by atoms with Gasteiger partial charge in [-0.05, 0) is 43.2 Å². The fourth-order valence-corrected chi connectivity index (χ4v) is 2.94. The predicted octanol–water partition coefficient (Wildman–Crippen LogP) is 3.49. The number of aliphatic hydroxyl groups excluding tert-OH is 1. The molecule has 0 radical (unpaired) electrons. The second-order valence-corrected chi connectivity index (χ2v) is 6.09. The Labute approximate surface area is 120 Å². The topological polar surface area (TPSA) is 36.4 Å². The van der Waals surface area contributed by atoms with Crippen molar-refractivity contribution in [2.75, 3.05) is 18.0 Å². The molecule has 0 aromatic carbocycles. The van der Waals surface area contributed by atoms with Crippen molar-refractivity contribution in [1.82, 2.24) is 4.98 Å². The average molecular weight is 283 g/mol. The van der Waals surface area contributed by atoms with Crippen LogP contribution in [0, 0.1) is 11.8 Å². The minimum Gasteiger partial charge on any atom is -0.390 e. The van der Waals surface area contributed by atoms with Crippen LogP contribution in [0.1, 0.15) is 38.8 Å². The molecule has 1 atom stereocenters. The first kappa shape index (κ1) is 14.6. The summed E-state index contributed by atoms with van der Waals surface area (Å²) in [6.07, 6.45) is 3.73. The van der Waals surface area contributed by atoms with Crippen LogP contribution in [0.2, 0.25) is 5.02 Å². The van der Waals surface area contributed by atoms with Crippen molar-refractivity contribution in [3.8, 4) is 0 Å². The molecule has 0 bridgehead atoms. The summed E-state index contributed by atoms with van der Waals surface area (Å²) in [5.41, 5.74) is 0.573. The van der Waals surface area contributed by atoms with Gasteiger partial charge in [-0.25, -0.2) is 4.98 Å². The third-order valence-electron chi connectivity index (χ3n) is 4.09. The lowest BCUT2D eigenvalue weighted by molar-refractivity contribution is 0.277. The molecule has 3 nitrogen and oxygen atoms in total. The standard InChI is InChI=1S/C15H23ClN2O/c1-11(2)12-4-3-8-18(9-7-12)15-6-5-13(16)14(10-19)17-15/h5-6,11-12,19H,3-4,7-10H2,1-2H3. The van der Waals surface area contributed by atoms with Crippen molar-refractivity contribution in [2.24, 2.45) is 11.8 Å². The summed E-state index contributed by atoms with van der Waals surface area (Å²) in [7, 11) is 0. The maximum atomic E-state index is 9.25. The molecule has 0 aliphatic carbocycles. The minimum atomic E-state index is -0.102. The Morgan fingerprint density at radius 2 is 2.16 bits per heavy atom. The van der Waals surface area contributed by atoms with Crippen LogP contribution in [0.15, 0.2) is 12.1 Å². The van der Waals surface area contributed by atoms with Crippen LogP contribution in [0.25, 0.3) is 0 Å². The Morgan fingerprint density at radius 3 is 2.84 bits per heavy atom. The van der Waals surface area contributed by atoms with Gasteiger partial charge in [0.1, 0.15) is 5.82 Å². The van der Waals surface area contributed by atoms with Crippen LogP contribution in [0.4, 0.5) is 5.82 Å². The smallest absolute Gasteiger partial charge is 0.129 e. The van der Waals surface area contributed by atoms with E-state index < -0.39 is 0 Å². The average Bonchev–Trinajstić information content (AvgIpc) is 2.65. The Bertz CT molecular complexity index is 423. The van der Waals surface area contributed by atoms with Crippen molar-refractivity contribution >= 4 is 17.4 Å². The number of anilines is 1. The van der Waals surface area contributed by atoms with Crippen molar-refractivity contribution in [2.45, 2.75) is 39.7 Å². The van der Waals surface area contributed by atoms with Gasteiger partial charge < -0.3 is 10.0 Å². The zero-order valence-corrected chi connectivity index (χ0v) is 12.5. The number of nitrogens with zero attached hydrogens (tertiary/aromatic N) is 2. The summed E-state index contributed by atoms with van der Waals surface area (Å²) >= 11 is 5.99. The first-order valence-electron chi connectivity index (χ1n) is 7.13. The van der Waals surface area contributed by atoms with Crippen LogP contribution in [0.3, 0.4) is 0 Å². The van der Waals surface area contributed by atoms with Crippen LogP contribution in [-0.4, -0.2) is 23.2 Å². The molecule has 4 heteroatoms. The molecule has 0 saturated carbocycles. The molecular formula is C15H23ClN2O. The summed E-state index contributed by atoms with van der Waals surface area (Å²) in [6, 6.07) is 3.79. The van der Waals surface area contributed by atoms with Gasteiger partial charge in [0.25, 0.3) is 0 Å². The van der Waals surface area contributed by atoms with Crippen molar-refractivity contribution < 1.29 is 5.11 Å². The lowest BCUT2D eigenvalue weighted by Gasteiger charge is -2.23. The van der Waals surface area contributed by atoms with Gasteiger partial charge >= 0.3 is 0 Å². The molecular weight excluding hydrogens is 260 g/mol. The van der Waals surface area contributed by atoms with E-state index in [0.717, 1.165) is 30.7 Å². The van der Waals surface area contributed by atoms with Gasteiger partial charge in [-0.3, -0.25) is 0 Å². The van der Waals surface area contributed by atoms with Gasteiger partial charge in [0, 0.05) is 13.1 Å².